The third-order valence-electron chi connectivity index (χ3n) is 5.26. The molecule has 100 valence electrons. The third kappa shape index (κ3) is 1.51. The molecular formula is C16H20N2O. The number of aromatic amines is 1. The molecule has 0 aromatic carbocycles. The Morgan fingerprint density at radius 3 is 3.16 bits per heavy atom. The Labute approximate surface area is 113 Å². The van der Waals surface area contributed by atoms with Crippen molar-refractivity contribution in [2.24, 2.45) is 11.8 Å². The van der Waals surface area contributed by atoms with Gasteiger partial charge in [-0.05, 0) is 62.6 Å². The molecule has 3 atom stereocenters. The highest BCUT2D eigenvalue weighted by Gasteiger charge is 2.51. The van der Waals surface area contributed by atoms with Crippen molar-refractivity contribution in [2.75, 3.05) is 6.54 Å². The average Bonchev–Trinajstić information content (AvgIpc) is 2.37. The molecule has 0 radical (unpaired) electrons. The van der Waals surface area contributed by atoms with Crippen LogP contribution in [0.4, 0.5) is 0 Å². The fourth-order valence-electron chi connectivity index (χ4n) is 4.69. The predicted octanol–water partition coefficient (Wildman–Crippen LogP) is 2.09. The maximum atomic E-state index is 11.6. The standard InChI is InChI=1S/C16H20N2O/c1-10-7-11-8-14-13(4-5-15(19)18-14)16(9-10)12(11)3-2-6-17-16/h4-5,7,11-12,17H,2-3,6,8-9H2,1H3,(H,18,19)/t11-,12-,16?/m1/s1. The monoisotopic (exact) mass is 256 g/mol. The van der Waals surface area contributed by atoms with Gasteiger partial charge in [0.25, 0.3) is 0 Å². The Bertz CT molecular complexity index is 615. The van der Waals surface area contributed by atoms with Gasteiger partial charge in [-0.1, -0.05) is 11.6 Å². The second-order valence-electron chi connectivity index (χ2n) is 6.42. The fraction of sp³-hybridized carbons (Fsp3) is 0.562. The Kier molecular flexibility index (Phi) is 2.31. The van der Waals surface area contributed by atoms with Crippen LogP contribution >= 0.6 is 0 Å². The van der Waals surface area contributed by atoms with Crippen LogP contribution in [-0.4, -0.2) is 11.5 Å². The van der Waals surface area contributed by atoms with Crippen molar-refractivity contribution in [1.82, 2.24) is 10.3 Å². The Balaban J connectivity index is 1.95. The van der Waals surface area contributed by atoms with Gasteiger partial charge in [0.1, 0.15) is 0 Å². The van der Waals surface area contributed by atoms with E-state index in [1.807, 2.05) is 0 Å². The summed E-state index contributed by atoms with van der Waals surface area (Å²) in [6.45, 7) is 3.34. The molecule has 19 heavy (non-hydrogen) atoms. The van der Waals surface area contributed by atoms with Crippen LogP contribution in [0.5, 0.6) is 0 Å². The molecule has 1 aliphatic heterocycles. The number of rotatable bonds is 0. The van der Waals surface area contributed by atoms with Crippen molar-refractivity contribution in [3.8, 4) is 0 Å². The van der Waals surface area contributed by atoms with Crippen molar-refractivity contribution in [2.45, 2.75) is 38.1 Å². The van der Waals surface area contributed by atoms with E-state index in [2.05, 4.69) is 29.4 Å². The zero-order chi connectivity index (χ0) is 13.0. The molecule has 2 aliphatic carbocycles. The molecule has 1 fully saturated rings. The highest BCUT2D eigenvalue weighted by molar-refractivity contribution is 5.39. The maximum Gasteiger partial charge on any atom is 0.248 e. The molecule has 3 heteroatoms. The number of piperidine rings is 1. The molecule has 0 saturated carbocycles. The summed E-state index contributed by atoms with van der Waals surface area (Å²) in [5, 5.41) is 3.81. The maximum absolute atomic E-state index is 11.6. The van der Waals surface area contributed by atoms with Gasteiger partial charge in [0.2, 0.25) is 5.56 Å². The molecule has 3 aliphatic rings. The topological polar surface area (TPSA) is 44.9 Å². The van der Waals surface area contributed by atoms with Crippen LogP contribution < -0.4 is 10.9 Å². The average molecular weight is 256 g/mol. The lowest BCUT2D eigenvalue weighted by molar-refractivity contribution is 0.0883. The Hall–Kier alpha value is -1.35. The van der Waals surface area contributed by atoms with Crippen LogP contribution in [0.15, 0.2) is 28.6 Å². The summed E-state index contributed by atoms with van der Waals surface area (Å²) in [6, 6.07) is 3.75. The summed E-state index contributed by atoms with van der Waals surface area (Å²) < 4.78 is 0. The molecule has 2 N–H and O–H groups in total. The number of allylic oxidation sites excluding steroid dienone is 1. The van der Waals surface area contributed by atoms with Gasteiger partial charge in [-0.2, -0.15) is 0 Å². The zero-order valence-corrected chi connectivity index (χ0v) is 11.3. The van der Waals surface area contributed by atoms with E-state index < -0.39 is 0 Å². The molecule has 2 bridgehead atoms. The van der Waals surface area contributed by atoms with Crippen LogP contribution in [0.3, 0.4) is 0 Å². The van der Waals surface area contributed by atoms with E-state index in [4.69, 9.17) is 0 Å². The van der Waals surface area contributed by atoms with Crippen molar-refractivity contribution in [3.63, 3.8) is 0 Å². The molecule has 0 amide bonds. The summed E-state index contributed by atoms with van der Waals surface area (Å²) in [5.41, 5.74) is 4.11. The van der Waals surface area contributed by atoms with Crippen LogP contribution in [0, 0.1) is 11.8 Å². The van der Waals surface area contributed by atoms with E-state index in [0.717, 1.165) is 25.1 Å². The largest absolute Gasteiger partial charge is 0.326 e. The number of aromatic nitrogens is 1. The van der Waals surface area contributed by atoms with E-state index >= 15 is 0 Å². The minimum atomic E-state index is 0.0307. The van der Waals surface area contributed by atoms with Gasteiger partial charge in [-0.15, -0.1) is 0 Å². The van der Waals surface area contributed by atoms with Gasteiger partial charge in [0.05, 0.1) is 5.54 Å². The minimum absolute atomic E-state index is 0.0307. The van der Waals surface area contributed by atoms with Gasteiger partial charge >= 0.3 is 0 Å². The summed E-state index contributed by atoms with van der Waals surface area (Å²) in [4.78, 5) is 14.7. The second-order valence-corrected chi connectivity index (χ2v) is 6.42. The molecule has 1 aromatic rings. The molecule has 3 nitrogen and oxygen atoms in total. The number of H-pyrrole nitrogens is 1. The van der Waals surface area contributed by atoms with E-state index in [1.165, 1.54) is 24.0 Å². The lowest BCUT2D eigenvalue weighted by Gasteiger charge is -2.54. The molecule has 2 heterocycles. The second kappa shape index (κ2) is 3.83. The SMILES string of the molecule is CC1=C[C@@H]2Cc3[nH]c(=O)ccc3C3(C1)NCCC[C@H]23. The molecule has 0 spiro atoms. The summed E-state index contributed by atoms with van der Waals surface area (Å²) in [5.74, 6) is 1.29. The molecule has 1 saturated heterocycles. The van der Waals surface area contributed by atoms with Gasteiger partial charge in [0.15, 0.2) is 0 Å². The Morgan fingerprint density at radius 2 is 2.26 bits per heavy atom. The summed E-state index contributed by atoms with van der Waals surface area (Å²) >= 11 is 0. The van der Waals surface area contributed by atoms with E-state index in [0.29, 0.717) is 11.8 Å². The molecule has 1 unspecified atom stereocenters. The van der Waals surface area contributed by atoms with Gasteiger partial charge < -0.3 is 10.3 Å². The van der Waals surface area contributed by atoms with Crippen LogP contribution in [-0.2, 0) is 12.0 Å². The first-order chi connectivity index (χ1) is 9.19. The number of pyridine rings is 1. The van der Waals surface area contributed by atoms with Crippen LogP contribution in [0.25, 0.3) is 0 Å². The number of nitrogens with one attached hydrogen (secondary N) is 2. The number of hydrogen-bond donors (Lipinski definition) is 2. The summed E-state index contributed by atoms with van der Waals surface area (Å²) in [6.07, 6.45) is 7.11. The lowest BCUT2D eigenvalue weighted by atomic mass is 9.57. The first-order valence-electron chi connectivity index (χ1n) is 7.34. The molecular weight excluding hydrogens is 236 g/mol. The normalized spacial score (nSPS) is 36.2. The quantitative estimate of drug-likeness (QED) is 0.698. The summed E-state index contributed by atoms with van der Waals surface area (Å²) in [7, 11) is 0. The van der Waals surface area contributed by atoms with E-state index in [1.54, 1.807) is 6.07 Å². The van der Waals surface area contributed by atoms with Crippen molar-refractivity contribution in [3.05, 3.63) is 45.4 Å². The lowest BCUT2D eigenvalue weighted by Crippen LogP contribution is -2.58. The van der Waals surface area contributed by atoms with Crippen molar-refractivity contribution < 1.29 is 0 Å². The van der Waals surface area contributed by atoms with Crippen molar-refractivity contribution >= 4 is 0 Å². The highest BCUT2D eigenvalue weighted by Crippen LogP contribution is 2.52. The minimum Gasteiger partial charge on any atom is -0.326 e. The fourth-order valence-corrected chi connectivity index (χ4v) is 4.69. The zero-order valence-electron chi connectivity index (χ0n) is 11.3. The first kappa shape index (κ1) is 11.5. The van der Waals surface area contributed by atoms with Gasteiger partial charge in [-0.3, -0.25) is 4.79 Å². The molecule has 1 aromatic heterocycles. The Morgan fingerprint density at radius 1 is 1.37 bits per heavy atom. The third-order valence-corrected chi connectivity index (χ3v) is 5.26. The van der Waals surface area contributed by atoms with Crippen molar-refractivity contribution in [1.29, 1.82) is 0 Å². The number of hydrogen-bond acceptors (Lipinski definition) is 2. The predicted molar refractivity (Wildman–Crippen MR) is 75.0 cm³/mol. The first-order valence-corrected chi connectivity index (χ1v) is 7.34. The molecule has 4 rings (SSSR count). The van der Waals surface area contributed by atoms with Gasteiger partial charge in [-0.25, -0.2) is 0 Å². The van der Waals surface area contributed by atoms with Crippen LogP contribution in [0.2, 0.25) is 0 Å². The van der Waals surface area contributed by atoms with Crippen LogP contribution in [0.1, 0.15) is 37.4 Å². The van der Waals surface area contributed by atoms with E-state index in [9.17, 15) is 4.79 Å². The highest BCUT2D eigenvalue weighted by atomic mass is 16.1. The van der Waals surface area contributed by atoms with E-state index in [-0.39, 0.29) is 11.1 Å². The number of fused-ring (bicyclic) bond motifs is 1. The van der Waals surface area contributed by atoms with Gasteiger partial charge in [0, 0.05) is 11.8 Å². The smallest absolute Gasteiger partial charge is 0.248 e.